The van der Waals surface area contributed by atoms with Crippen LogP contribution >= 0.6 is 11.8 Å². The number of thioether (sulfide) groups is 1. The van der Waals surface area contributed by atoms with Crippen LogP contribution in [0.2, 0.25) is 0 Å². The van der Waals surface area contributed by atoms with E-state index in [4.69, 9.17) is 0 Å². The van der Waals surface area contributed by atoms with E-state index in [0.29, 0.717) is 18.2 Å². The van der Waals surface area contributed by atoms with Gasteiger partial charge < -0.3 is 14.8 Å². The minimum absolute atomic E-state index is 0.0249. The minimum Gasteiger partial charge on any atom is -0.372 e. The lowest BCUT2D eigenvalue weighted by atomic mass is 10.1. The standard InChI is InChI=1S/C21H27N5OS/c1-3-10-26-20(16-6-7-16)23-24-21(26)28-14-19(27)22-18-9-8-17(13-15(18)2)25-11-4-5-12-25/h3,8-9,13,16H,1,4-7,10-12,14H2,2H3,(H,22,27). The first-order chi connectivity index (χ1) is 13.7. The van der Waals surface area contributed by atoms with Gasteiger partial charge in [-0.1, -0.05) is 17.8 Å². The Kier molecular flexibility index (Phi) is 5.71. The molecule has 1 saturated carbocycles. The van der Waals surface area contributed by atoms with Crippen molar-refractivity contribution < 1.29 is 4.79 Å². The molecule has 1 aromatic heterocycles. The second-order valence-electron chi connectivity index (χ2n) is 7.54. The van der Waals surface area contributed by atoms with Crippen molar-refractivity contribution in [2.45, 2.75) is 50.2 Å². The summed E-state index contributed by atoms with van der Waals surface area (Å²) >= 11 is 1.43. The first kappa shape index (κ1) is 19.1. The fourth-order valence-electron chi connectivity index (χ4n) is 3.63. The van der Waals surface area contributed by atoms with Crippen molar-refractivity contribution in [2.75, 3.05) is 29.1 Å². The van der Waals surface area contributed by atoms with Gasteiger partial charge in [-0.25, -0.2) is 0 Å². The Morgan fingerprint density at radius 2 is 2.11 bits per heavy atom. The lowest BCUT2D eigenvalue weighted by Crippen LogP contribution is -2.18. The molecule has 1 amide bonds. The molecule has 4 rings (SSSR count). The number of nitrogens with zero attached hydrogens (tertiary/aromatic N) is 4. The molecule has 1 aromatic carbocycles. The third kappa shape index (κ3) is 4.24. The number of hydrogen-bond acceptors (Lipinski definition) is 5. The molecule has 2 fully saturated rings. The van der Waals surface area contributed by atoms with E-state index in [2.05, 4.69) is 43.7 Å². The van der Waals surface area contributed by atoms with Gasteiger partial charge in [-0.05, 0) is 56.4 Å². The van der Waals surface area contributed by atoms with E-state index in [9.17, 15) is 4.79 Å². The average molecular weight is 398 g/mol. The molecule has 0 radical (unpaired) electrons. The molecule has 0 spiro atoms. The zero-order valence-electron chi connectivity index (χ0n) is 16.4. The van der Waals surface area contributed by atoms with Gasteiger partial charge in [0.2, 0.25) is 5.91 Å². The predicted molar refractivity (Wildman–Crippen MR) is 114 cm³/mol. The zero-order chi connectivity index (χ0) is 19.5. The Bertz CT molecular complexity index is 868. The highest BCUT2D eigenvalue weighted by molar-refractivity contribution is 7.99. The summed E-state index contributed by atoms with van der Waals surface area (Å²) < 4.78 is 2.08. The maximum Gasteiger partial charge on any atom is 0.234 e. The Labute approximate surface area is 170 Å². The number of hydrogen-bond donors (Lipinski definition) is 1. The Morgan fingerprint density at radius 1 is 1.32 bits per heavy atom. The molecule has 28 heavy (non-hydrogen) atoms. The lowest BCUT2D eigenvalue weighted by molar-refractivity contribution is -0.113. The highest BCUT2D eigenvalue weighted by Gasteiger charge is 2.30. The molecule has 2 aromatic rings. The van der Waals surface area contributed by atoms with E-state index in [1.54, 1.807) is 0 Å². The average Bonchev–Trinajstić information content (AvgIpc) is 3.22. The fourth-order valence-corrected chi connectivity index (χ4v) is 4.38. The van der Waals surface area contributed by atoms with Gasteiger partial charge >= 0.3 is 0 Å². The molecule has 148 valence electrons. The van der Waals surface area contributed by atoms with Crippen LogP contribution in [0.15, 0.2) is 36.0 Å². The molecule has 1 aliphatic heterocycles. The minimum atomic E-state index is -0.0249. The number of nitrogens with one attached hydrogen (secondary N) is 1. The second-order valence-corrected chi connectivity index (χ2v) is 8.49. The first-order valence-electron chi connectivity index (χ1n) is 9.98. The maximum atomic E-state index is 12.5. The van der Waals surface area contributed by atoms with Crippen LogP contribution in [0.25, 0.3) is 0 Å². The van der Waals surface area contributed by atoms with Gasteiger partial charge in [0.25, 0.3) is 0 Å². The number of allylic oxidation sites excluding steroid dienone is 1. The normalized spacial score (nSPS) is 16.4. The third-order valence-electron chi connectivity index (χ3n) is 5.29. The van der Waals surface area contributed by atoms with Crippen molar-refractivity contribution in [1.29, 1.82) is 0 Å². The topological polar surface area (TPSA) is 63.1 Å². The molecule has 6 nitrogen and oxygen atoms in total. The molecule has 1 aliphatic carbocycles. The quantitative estimate of drug-likeness (QED) is 0.539. The Morgan fingerprint density at radius 3 is 2.79 bits per heavy atom. The summed E-state index contributed by atoms with van der Waals surface area (Å²) in [5, 5.41) is 12.4. The summed E-state index contributed by atoms with van der Waals surface area (Å²) in [6, 6.07) is 6.28. The summed E-state index contributed by atoms with van der Waals surface area (Å²) in [5.74, 6) is 1.83. The van der Waals surface area contributed by atoms with Gasteiger partial charge in [-0.15, -0.1) is 16.8 Å². The molecule has 0 bridgehead atoms. The van der Waals surface area contributed by atoms with Crippen LogP contribution in [0.4, 0.5) is 11.4 Å². The second kappa shape index (κ2) is 8.39. The van der Waals surface area contributed by atoms with Gasteiger partial charge in [0, 0.05) is 36.9 Å². The molecule has 1 N–H and O–H groups in total. The molecular formula is C21H27N5OS. The highest BCUT2D eigenvalue weighted by atomic mass is 32.2. The molecule has 1 saturated heterocycles. The molecule has 2 aliphatic rings. The van der Waals surface area contributed by atoms with E-state index in [1.807, 2.05) is 19.1 Å². The van der Waals surface area contributed by atoms with E-state index in [1.165, 1.54) is 43.1 Å². The van der Waals surface area contributed by atoms with Crippen molar-refractivity contribution in [2.24, 2.45) is 0 Å². The molecule has 0 unspecified atom stereocenters. The number of aromatic nitrogens is 3. The number of anilines is 2. The maximum absolute atomic E-state index is 12.5. The van der Waals surface area contributed by atoms with Crippen LogP contribution in [-0.2, 0) is 11.3 Å². The summed E-state index contributed by atoms with van der Waals surface area (Å²) in [6.45, 7) is 8.79. The van der Waals surface area contributed by atoms with E-state index in [0.717, 1.165) is 35.3 Å². The van der Waals surface area contributed by atoms with Gasteiger partial charge in [0.1, 0.15) is 5.82 Å². The van der Waals surface area contributed by atoms with Crippen molar-refractivity contribution in [3.05, 3.63) is 42.2 Å². The highest BCUT2D eigenvalue weighted by Crippen LogP contribution is 2.40. The summed E-state index contributed by atoms with van der Waals surface area (Å²) in [5.41, 5.74) is 3.21. The van der Waals surface area contributed by atoms with Crippen molar-refractivity contribution in [3.63, 3.8) is 0 Å². The van der Waals surface area contributed by atoms with Crippen molar-refractivity contribution in [3.8, 4) is 0 Å². The lowest BCUT2D eigenvalue weighted by Gasteiger charge is -2.19. The summed E-state index contributed by atoms with van der Waals surface area (Å²) in [4.78, 5) is 14.9. The fraction of sp³-hybridized carbons (Fsp3) is 0.476. The van der Waals surface area contributed by atoms with Crippen LogP contribution in [0.5, 0.6) is 0 Å². The monoisotopic (exact) mass is 397 g/mol. The number of rotatable bonds is 8. The third-order valence-corrected chi connectivity index (χ3v) is 6.25. The number of benzene rings is 1. The van der Waals surface area contributed by atoms with Crippen LogP contribution in [0.3, 0.4) is 0 Å². The smallest absolute Gasteiger partial charge is 0.234 e. The Hall–Kier alpha value is -2.28. The number of carbonyl (C=O) groups excluding carboxylic acids is 1. The van der Waals surface area contributed by atoms with Gasteiger partial charge in [-0.2, -0.15) is 0 Å². The Balaban J connectivity index is 1.36. The SMILES string of the molecule is C=CCn1c(SCC(=O)Nc2ccc(N3CCCC3)cc2C)nnc1C1CC1. The molecular weight excluding hydrogens is 370 g/mol. The van der Waals surface area contributed by atoms with Gasteiger partial charge in [0.15, 0.2) is 5.16 Å². The summed E-state index contributed by atoms with van der Waals surface area (Å²) in [7, 11) is 0. The largest absolute Gasteiger partial charge is 0.372 e. The predicted octanol–water partition coefficient (Wildman–Crippen LogP) is 3.98. The number of aryl methyl sites for hydroxylation is 1. The van der Waals surface area contributed by atoms with E-state index >= 15 is 0 Å². The van der Waals surface area contributed by atoms with Gasteiger partial charge in [0.05, 0.1) is 5.75 Å². The van der Waals surface area contributed by atoms with Gasteiger partial charge in [-0.3, -0.25) is 4.79 Å². The molecule has 2 heterocycles. The zero-order valence-corrected chi connectivity index (χ0v) is 17.2. The van der Waals surface area contributed by atoms with Crippen LogP contribution < -0.4 is 10.2 Å². The molecule has 0 atom stereocenters. The van der Waals surface area contributed by atoms with Crippen molar-refractivity contribution >= 4 is 29.0 Å². The molecule has 7 heteroatoms. The number of amides is 1. The van der Waals surface area contributed by atoms with Crippen LogP contribution in [0, 0.1) is 6.92 Å². The van der Waals surface area contributed by atoms with Crippen LogP contribution in [0.1, 0.15) is 43.0 Å². The number of carbonyl (C=O) groups is 1. The van der Waals surface area contributed by atoms with E-state index in [-0.39, 0.29) is 5.91 Å². The van der Waals surface area contributed by atoms with Crippen LogP contribution in [-0.4, -0.2) is 39.5 Å². The summed E-state index contributed by atoms with van der Waals surface area (Å²) in [6.07, 6.45) is 6.71. The van der Waals surface area contributed by atoms with Crippen molar-refractivity contribution in [1.82, 2.24) is 14.8 Å². The first-order valence-corrected chi connectivity index (χ1v) is 11.0. The van der Waals surface area contributed by atoms with E-state index < -0.39 is 0 Å².